The van der Waals surface area contributed by atoms with E-state index in [0.717, 1.165) is 57.2 Å². The molecule has 1 unspecified atom stereocenters. The Morgan fingerprint density at radius 2 is 1.77 bits per heavy atom. The number of carbonyl (C=O) groups excluding carboxylic acids is 2. The number of nitrogens with zero attached hydrogens (tertiary/aromatic N) is 1. The zero-order valence-electron chi connectivity index (χ0n) is 18.1. The molecule has 4 rings (SSSR count). The molecule has 3 fully saturated rings. The Morgan fingerprint density at radius 1 is 1.03 bits per heavy atom. The molecule has 3 aliphatic rings. The average Bonchev–Trinajstić information content (AvgIpc) is 3.24. The van der Waals surface area contributed by atoms with Crippen molar-refractivity contribution in [2.75, 3.05) is 38.2 Å². The average molecular weight is 431 g/mol. The first-order chi connectivity index (χ1) is 15.1. The van der Waals surface area contributed by atoms with Crippen molar-refractivity contribution in [3.05, 3.63) is 30.3 Å². The van der Waals surface area contributed by atoms with Crippen LogP contribution in [0, 0.1) is 0 Å². The standard InChI is InChI=1S/C23H34N4O4/c28-21(25-19-9-11-23(12-10-19)30-14-15-31-23)17-27-13-5-4-8-20(27)16-24-22(29)26-18-6-2-1-3-7-18/h1-3,6-7,19-20H,4-5,8-17H2,(H,25,28)(H2,24,26,29). The Balaban J connectivity index is 1.20. The van der Waals surface area contributed by atoms with Crippen molar-refractivity contribution in [1.82, 2.24) is 15.5 Å². The van der Waals surface area contributed by atoms with Gasteiger partial charge in [0.05, 0.1) is 19.8 Å². The third-order valence-electron chi connectivity index (χ3n) is 6.55. The van der Waals surface area contributed by atoms with E-state index in [1.165, 1.54) is 0 Å². The second kappa shape index (κ2) is 10.4. The highest BCUT2D eigenvalue weighted by molar-refractivity contribution is 5.89. The molecule has 1 atom stereocenters. The van der Waals surface area contributed by atoms with E-state index < -0.39 is 5.79 Å². The number of benzene rings is 1. The molecule has 1 saturated carbocycles. The summed E-state index contributed by atoms with van der Waals surface area (Å²) in [6, 6.07) is 9.54. The predicted octanol–water partition coefficient (Wildman–Crippen LogP) is 2.46. The van der Waals surface area contributed by atoms with Crippen molar-refractivity contribution in [2.24, 2.45) is 0 Å². The number of likely N-dealkylation sites (tertiary alicyclic amines) is 1. The first-order valence-electron chi connectivity index (χ1n) is 11.5. The molecule has 0 bridgehead atoms. The lowest BCUT2D eigenvalue weighted by molar-refractivity contribution is -0.180. The number of rotatable bonds is 6. The van der Waals surface area contributed by atoms with E-state index in [1.807, 2.05) is 30.3 Å². The fourth-order valence-corrected chi connectivity index (χ4v) is 4.85. The lowest BCUT2D eigenvalue weighted by Gasteiger charge is -2.37. The molecular formula is C23H34N4O4. The summed E-state index contributed by atoms with van der Waals surface area (Å²) < 4.78 is 11.5. The van der Waals surface area contributed by atoms with Gasteiger partial charge in [0.15, 0.2) is 5.79 Å². The highest BCUT2D eigenvalue weighted by Crippen LogP contribution is 2.35. The van der Waals surface area contributed by atoms with Gasteiger partial charge in [-0.2, -0.15) is 0 Å². The van der Waals surface area contributed by atoms with Crippen LogP contribution in [0.5, 0.6) is 0 Å². The van der Waals surface area contributed by atoms with Crippen LogP contribution in [0.4, 0.5) is 10.5 Å². The van der Waals surface area contributed by atoms with Crippen LogP contribution in [0.25, 0.3) is 0 Å². The summed E-state index contributed by atoms with van der Waals surface area (Å²) >= 11 is 0. The van der Waals surface area contributed by atoms with Crippen molar-refractivity contribution in [1.29, 1.82) is 0 Å². The Hall–Kier alpha value is -2.16. The maximum absolute atomic E-state index is 12.7. The number of ether oxygens (including phenoxy) is 2. The number of urea groups is 1. The lowest BCUT2D eigenvalue weighted by atomic mass is 9.90. The summed E-state index contributed by atoms with van der Waals surface area (Å²) in [6.45, 7) is 3.14. The zero-order valence-corrected chi connectivity index (χ0v) is 18.1. The number of anilines is 1. The maximum Gasteiger partial charge on any atom is 0.319 e. The molecule has 3 amide bonds. The van der Waals surface area contributed by atoms with Gasteiger partial charge in [0.2, 0.25) is 5.91 Å². The molecule has 0 radical (unpaired) electrons. The van der Waals surface area contributed by atoms with E-state index in [0.29, 0.717) is 26.3 Å². The Kier molecular flexibility index (Phi) is 7.42. The van der Waals surface area contributed by atoms with Gasteiger partial charge in [-0.05, 0) is 44.4 Å². The van der Waals surface area contributed by atoms with Crippen LogP contribution in [0.1, 0.15) is 44.9 Å². The van der Waals surface area contributed by atoms with Gasteiger partial charge >= 0.3 is 6.03 Å². The fourth-order valence-electron chi connectivity index (χ4n) is 4.85. The van der Waals surface area contributed by atoms with Crippen LogP contribution in [-0.2, 0) is 14.3 Å². The summed E-state index contributed by atoms with van der Waals surface area (Å²) in [6.07, 6.45) is 6.64. The Morgan fingerprint density at radius 3 is 2.52 bits per heavy atom. The topological polar surface area (TPSA) is 91.9 Å². The number of nitrogens with one attached hydrogen (secondary N) is 3. The summed E-state index contributed by atoms with van der Waals surface area (Å²) in [4.78, 5) is 27.1. The second-order valence-electron chi connectivity index (χ2n) is 8.77. The molecule has 8 nitrogen and oxygen atoms in total. The molecule has 2 saturated heterocycles. The number of carbonyl (C=O) groups is 2. The molecule has 1 aromatic rings. The summed E-state index contributed by atoms with van der Waals surface area (Å²) in [5.74, 6) is -0.333. The number of hydrogen-bond donors (Lipinski definition) is 3. The summed E-state index contributed by atoms with van der Waals surface area (Å²) in [5, 5.41) is 9.00. The molecular weight excluding hydrogens is 396 g/mol. The van der Waals surface area contributed by atoms with Gasteiger partial charge in [-0.3, -0.25) is 9.69 Å². The van der Waals surface area contributed by atoms with E-state index in [9.17, 15) is 9.59 Å². The normalized spacial score (nSPS) is 24.1. The number of hydrogen-bond acceptors (Lipinski definition) is 5. The van der Waals surface area contributed by atoms with Crippen molar-refractivity contribution in [2.45, 2.75) is 62.8 Å². The first kappa shape index (κ1) is 22.0. The highest BCUT2D eigenvalue weighted by atomic mass is 16.7. The monoisotopic (exact) mass is 430 g/mol. The summed E-state index contributed by atoms with van der Waals surface area (Å²) in [5.41, 5.74) is 0.766. The predicted molar refractivity (Wildman–Crippen MR) is 118 cm³/mol. The second-order valence-corrected chi connectivity index (χ2v) is 8.77. The van der Waals surface area contributed by atoms with E-state index >= 15 is 0 Å². The first-order valence-corrected chi connectivity index (χ1v) is 11.5. The van der Waals surface area contributed by atoms with Crippen LogP contribution >= 0.6 is 0 Å². The van der Waals surface area contributed by atoms with Gasteiger partial charge in [0.1, 0.15) is 0 Å². The van der Waals surface area contributed by atoms with E-state index in [4.69, 9.17) is 9.47 Å². The zero-order chi connectivity index (χ0) is 21.5. The van der Waals surface area contributed by atoms with E-state index in [1.54, 1.807) is 0 Å². The van der Waals surface area contributed by atoms with Crippen molar-refractivity contribution < 1.29 is 19.1 Å². The lowest BCUT2D eigenvalue weighted by Crippen LogP contribution is -2.52. The smallest absolute Gasteiger partial charge is 0.319 e. The van der Waals surface area contributed by atoms with Crippen molar-refractivity contribution in [3.8, 4) is 0 Å². The molecule has 1 spiro atoms. The van der Waals surface area contributed by atoms with Crippen LogP contribution in [0.3, 0.4) is 0 Å². The van der Waals surface area contributed by atoms with E-state index in [-0.39, 0.29) is 24.0 Å². The van der Waals surface area contributed by atoms with Crippen LogP contribution in [0.15, 0.2) is 30.3 Å². The third kappa shape index (κ3) is 6.18. The van der Waals surface area contributed by atoms with Crippen LogP contribution < -0.4 is 16.0 Å². The van der Waals surface area contributed by atoms with E-state index in [2.05, 4.69) is 20.9 Å². The Labute approximate surface area is 184 Å². The Bertz CT molecular complexity index is 728. The van der Waals surface area contributed by atoms with Gasteiger partial charge in [-0.25, -0.2) is 4.79 Å². The molecule has 1 aromatic carbocycles. The molecule has 2 heterocycles. The maximum atomic E-state index is 12.7. The fraction of sp³-hybridized carbons (Fsp3) is 0.652. The van der Waals surface area contributed by atoms with Gasteiger partial charge in [-0.15, -0.1) is 0 Å². The minimum Gasteiger partial charge on any atom is -0.352 e. The van der Waals surface area contributed by atoms with Crippen molar-refractivity contribution >= 4 is 17.6 Å². The molecule has 3 N–H and O–H groups in total. The third-order valence-corrected chi connectivity index (χ3v) is 6.55. The molecule has 31 heavy (non-hydrogen) atoms. The molecule has 8 heteroatoms. The summed E-state index contributed by atoms with van der Waals surface area (Å²) in [7, 11) is 0. The molecule has 170 valence electrons. The minimum absolute atomic E-state index is 0.0647. The quantitative estimate of drug-likeness (QED) is 0.645. The number of para-hydroxylation sites is 1. The van der Waals surface area contributed by atoms with Crippen LogP contribution in [-0.4, -0.2) is 67.6 Å². The van der Waals surface area contributed by atoms with Gasteiger partial charge in [0, 0.05) is 37.2 Å². The molecule has 2 aliphatic heterocycles. The van der Waals surface area contributed by atoms with Gasteiger partial charge < -0.3 is 25.4 Å². The minimum atomic E-state index is -0.398. The number of amides is 3. The number of piperidine rings is 1. The highest BCUT2D eigenvalue weighted by Gasteiger charge is 2.40. The molecule has 1 aliphatic carbocycles. The van der Waals surface area contributed by atoms with Crippen LogP contribution in [0.2, 0.25) is 0 Å². The largest absolute Gasteiger partial charge is 0.352 e. The van der Waals surface area contributed by atoms with Gasteiger partial charge in [-0.1, -0.05) is 24.6 Å². The molecule has 0 aromatic heterocycles. The SMILES string of the molecule is O=C(CN1CCCCC1CNC(=O)Nc1ccccc1)NC1CCC2(CC1)OCCO2. The van der Waals surface area contributed by atoms with Crippen molar-refractivity contribution in [3.63, 3.8) is 0 Å². The van der Waals surface area contributed by atoms with Gasteiger partial charge in [0.25, 0.3) is 0 Å².